The van der Waals surface area contributed by atoms with Gasteiger partial charge in [-0.05, 0) is 38.1 Å². The minimum absolute atomic E-state index is 0.147. The summed E-state index contributed by atoms with van der Waals surface area (Å²) in [6.45, 7) is 3.52. The molecule has 22 heavy (non-hydrogen) atoms. The van der Waals surface area contributed by atoms with E-state index in [0.29, 0.717) is 16.5 Å². The summed E-state index contributed by atoms with van der Waals surface area (Å²) in [7, 11) is -3.74. The summed E-state index contributed by atoms with van der Waals surface area (Å²) in [6, 6.07) is 13.4. The molecule has 1 heterocycles. The zero-order valence-electron chi connectivity index (χ0n) is 12.3. The van der Waals surface area contributed by atoms with Gasteiger partial charge < -0.3 is 0 Å². The number of hydrogen-bond acceptors (Lipinski definition) is 3. The monoisotopic (exact) mass is 313 g/mol. The van der Waals surface area contributed by atoms with E-state index >= 15 is 0 Å². The van der Waals surface area contributed by atoms with E-state index in [1.165, 1.54) is 10.2 Å². The highest BCUT2D eigenvalue weighted by Gasteiger charge is 2.19. The van der Waals surface area contributed by atoms with E-state index in [2.05, 4.69) is 0 Å². The third kappa shape index (κ3) is 2.23. The van der Waals surface area contributed by atoms with Crippen molar-refractivity contribution in [2.45, 2.75) is 18.7 Å². The normalized spacial score (nSPS) is 11.7. The zero-order chi connectivity index (χ0) is 15.9. The molecule has 0 atom stereocenters. The summed E-state index contributed by atoms with van der Waals surface area (Å²) >= 11 is 0. The number of rotatable bonds is 2. The Morgan fingerprint density at radius 1 is 0.909 bits per heavy atom. The average Bonchev–Trinajstić information content (AvgIpc) is 2.51. The quantitative estimate of drug-likeness (QED) is 0.731. The lowest BCUT2D eigenvalue weighted by molar-refractivity contribution is 0.588. The SMILES string of the molecule is Cc1ccc(S(=O)(=O)n2cc(C)c(=O)c3ccccc32)cc1. The first kappa shape index (κ1) is 14.5. The molecule has 3 aromatic rings. The Balaban J connectivity index is 2.37. The molecule has 0 bridgehead atoms. The van der Waals surface area contributed by atoms with Gasteiger partial charge in [-0.3, -0.25) is 4.79 Å². The fraction of sp³-hybridized carbons (Fsp3) is 0.118. The van der Waals surface area contributed by atoms with E-state index in [1.54, 1.807) is 55.5 Å². The van der Waals surface area contributed by atoms with Gasteiger partial charge in [-0.1, -0.05) is 29.8 Å². The van der Waals surface area contributed by atoms with Crippen LogP contribution in [-0.4, -0.2) is 12.4 Å². The van der Waals surface area contributed by atoms with Crippen LogP contribution in [0, 0.1) is 13.8 Å². The molecule has 0 aliphatic rings. The lowest BCUT2D eigenvalue weighted by Crippen LogP contribution is -2.19. The number of para-hydroxylation sites is 1. The van der Waals surface area contributed by atoms with Crippen LogP contribution in [0.25, 0.3) is 10.9 Å². The van der Waals surface area contributed by atoms with Gasteiger partial charge in [-0.15, -0.1) is 0 Å². The van der Waals surface area contributed by atoms with Gasteiger partial charge in [0.25, 0.3) is 10.0 Å². The van der Waals surface area contributed by atoms with Crippen molar-refractivity contribution in [3.63, 3.8) is 0 Å². The maximum Gasteiger partial charge on any atom is 0.268 e. The summed E-state index contributed by atoms with van der Waals surface area (Å²) < 4.78 is 27.0. The standard InChI is InChI=1S/C17H15NO3S/c1-12-7-9-14(10-8-12)22(20,21)18-11-13(2)17(19)15-5-3-4-6-16(15)18/h3-11H,1-2H3. The van der Waals surface area contributed by atoms with Crippen LogP contribution >= 0.6 is 0 Å². The molecule has 5 heteroatoms. The number of benzene rings is 2. The lowest BCUT2D eigenvalue weighted by atomic mass is 10.2. The lowest BCUT2D eigenvalue weighted by Gasteiger charge is -2.13. The number of fused-ring (bicyclic) bond motifs is 1. The minimum atomic E-state index is -3.74. The Bertz CT molecular complexity index is 1020. The van der Waals surface area contributed by atoms with Gasteiger partial charge in [0.05, 0.1) is 10.4 Å². The smallest absolute Gasteiger partial charge is 0.268 e. The second kappa shape index (κ2) is 5.10. The molecule has 0 saturated carbocycles. The summed E-state index contributed by atoms with van der Waals surface area (Å²) in [6.07, 6.45) is 1.39. The molecule has 1 aromatic heterocycles. The fourth-order valence-corrected chi connectivity index (χ4v) is 3.82. The van der Waals surface area contributed by atoms with Crippen LogP contribution in [0.4, 0.5) is 0 Å². The molecule has 0 N–H and O–H groups in total. The van der Waals surface area contributed by atoms with E-state index in [9.17, 15) is 13.2 Å². The maximum atomic E-state index is 12.9. The molecular formula is C17H15NO3S. The van der Waals surface area contributed by atoms with Gasteiger partial charge in [0.15, 0.2) is 5.43 Å². The summed E-state index contributed by atoms with van der Waals surface area (Å²) in [5.74, 6) is 0. The highest BCUT2D eigenvalue weighted by Crippen LogP contribution is 2.20. The average molecular weight is 313 g/mol. The van der Waals surface area contributed by atoms with Crippen LogP contribution in [0.2, 0.25) is 0 Å². The van der Waals surface area contributed by atoms with Crippen molar-refractivity contribution in [3.8, 4) is 0 Å². The van der Waals surface area contributed by atoms with Gasteiger partial charge >= 0.3 is 0 Å². The second-order valence-corrected chi connectivity index (χ2v) is 7.09. The second-order valence-electron chi connectivity index (χ2n) is 5.27. The Morgan fingerprint density at radius 3 is 2.23 bits per heavy atom. The molecule has 0 unspecified atom stereocenters. The van der Waals surface area contributed by atoms with Crippen molar-refractivity contribution in [1.29, 1.82) is 0 Å². The third-order valence-electron chi connectivity index (χ3n) is 3.63. The van der Waals surface area contributed by atoms with Gasteiger partial charge in [0.2, 0.25) is 0 Å². The molecule has 0 saturated heterocycles. The van der Waals surface area contributed by atoms with Crippen LogP contribution in [0.5, 0.6) is 0 Å². The molecular weight excluding hydrogens is 298 g/mol. The van der Waals surface area contributed by atoms with Crippen molar-refractivity contribution in [1.82, 2.24) is 3.97 Å². The molecule has 0 radical (unpaired) electrons. The zero-order valence-corrected chi connectivity index (χ0v) is 13.1. The van der Waals surface area contributed by atoms with Crippen molar-refractivity contribution in [3.05, 3.63) is 76.1 Å². The number of nitrogens with zero attached hydrogens (tertiary/aromatic N) is 1. The Hall–Kier alpha value is -2.40. The highest BCUT2D eigenvalue weighted by molar-refractivity contribution is 7.90. The van der Waals surface area contributed by atoms with Crippen LogP contribution < -0.4 is 5.43 Å². The molecule has 3 rings (SSSR count). The van der Waals surface area contributed by atoms with E-state index in [1.807, 2.05) is 6.92 Å². The highest BCUT2D eigenvalue weighted by atomic mass is 32.2. The first-order valence-corrected chi connectivity index (χ1v) is 8.28. The van der Waals surface area contributed by atoms with E-state index < -0.39 is 10.0 Å². The van der Waals surface area contributed by atoms with Crippen LogP contribution in [-0.2, 0) is 10.0 Å². The van der Waals surface area contributed by atoms with Gasteiger partial charge in [-0.2, -0.15) is 0 Å². The Kier molecular flexibility index (Phi) is 3.37. The van der Waals surface area contributed by atoms with Crippen LogP contribution in [0.3, 0.4) is 0 Å². The molecule has 112 valence electrons. The first-order valence-electron chi connectivity index (χ1n) is 6.84. The molecule has 0 aliphatic carbocycles. The third-order valence-corrected chi connectivity index (χ3v) is 5.32. The fourth-order valence-electron chi connectivity index (χ4n) is 2.40. The molecule has 0 spiro atoms. The van der Waals surface area contributed by atoms with Crippen molar-refractivity contribution < 1.29 is 8.42 Å². The Labute approximate surface area is 128 Å². The van der Waals surface area contributed by atoms with Crippen LogP contribution in [0.15, 0.2) is 64.4 Å². The molecule has 0 aliphatic heterocycles. The predicted octanol–water partition coefficient (Wildman–Crippen LogP) is 2.86. The van der Waals surface area contributed by atoms with Gasteiger partial charge in [-0.25, -0.2) is 12.4 Å². The first-order chi connectivity index (χ1) is 10.4. The maximum absolute atomic E-state index is 12.9. The Morgan fingerprint density at radius 2 is 1.55 bits per heavy atom. The van der Waals surface area contributed by atoms with Crippen molar-refractivity contribution >= 4 is 20.9 Å². The number of aryl methyl sites for hydroxylation is 2. The molecule has 0 amide bonds. The summed E-state index contributed by atoms with van der Waals surface area (Å²) in [5, 5.41) is 0.401. The largest absolute Gasteiger partial charge is 0.289 e. The summed E-state index contributed by atoms with van der Waals surface area (Å²) in [4.78, 5) is 12.4. The minimum Gasteiger partial charge on any atom is -0.289 e. The van der Waals surface area contributed by atoms with E-state index in [0.717, 1.165) is 5.56 Å². The van der Waals surface area contributed by atoms with Crippen LogP contribution in [0.1, 0.15) is 11.1 Å². The van der Waals surface area contributed by atoms with Crippen molar-refractivity contribution in [2.75, 3.05) is 0 Å². The molecule has 4 nitrogen and oxygen atoms in total. The van der Waals surface area contributed by atoms with E-state index in [4.69, 9.17) is 0 Å². The van der Waals surface area contributed by atoms with Crippen molar-refractivity contribution in [2.24, 2.45) is 0 Å². The number of aromatic nitrogens is 1. The topological polar surface area (TPSA) is 56.1 Å². The predicted molar refractivity (Wildman–Crippen MR) is 86.7 cm³/mol. The van der Waals surface area contributed by atoms with Gasteiger partial charge in [0, 0.05) is 17.1 Å². The molecule has 2 aromatic carbocycles. The number of pyridine rings is 1. The van der Waals surface area contributed by atoms with E-state index in [-0.39, 0.29) is 10.3 Å². The van der Waals surface area contributed by atoms with Gasteiger partial charge in [0.1, 0.15) is 0 Å². The summed E-state index contributed by atoms with van der Waals surface area (Å²) in [5.41, 5.74) is 1.62. The molecule has 0 fully saturated rings. The number of hydrogen-bond donors (Lipinski definition) is 0.